The van der Waals surface area contributed by atoms with E-state index in [1.54, 1.807) is 20.8 Å². The summed E-state index contributed by atoms with van der Waals surface area (Å²) in [6.07, 6.45) is -11.4. The molecule has 0 radical (unpaired) electrons. The zero-order valence-corrected chi connectivity index (χ0v) is 13.3. The van der Waals surface area contributed by atoms with Gasteiger partial charge in [0.1, 0.15) is 42.7 Å². The van der Waals surface area contributed by atoms with Crippen LogP contribution in [0.15, 0.2) is 0 Å². The number of rotatable bonds is 3. The molecule has 2 aliphatic heterocycles. The Bertz CT molecular complexity index is 402. The monoisotopic (exact) mass is 338 g/mol. The molecule has 136 valence electrons. The third-order valence-corrected chi connectivity index (χ3v) is 4.46. The van der Waals surface area contributed by atoms with E-state index in [-0.39, 0.29) is 0 Å². The van der Waals surface area contributed by atoms with Crippen LogP contribution < -0.4 is 0 Å². The maximum atomic E-state index is 10.2. The molecule has 2 fully saturated rings. The van der Waals surface area contributed by atoms with Crippen molar-refractivity contribution >= 4 is 0 Å². The second kappa shape index (κ2) is 6.87. The quantitative estimate of drug-likeness (QED) is 0.318. The molecule has 9 nitrogen and oxygen atoms in total. The number of ether oxygens (including phenoxy) is 3. The van der Waals surface area contributed by atoms with E-state index < -0.39 is 67.3 Å². The number of hydrogen-bond acceptors (Lipinski definition) is 9. The van der Waals surface area contributed by atoms with Crippen LogP contribution >= 0.6 is 0 Å². The summed E-state index contributed by atoms with van der Waals surface area (Å²) in [4.78, 5) is 0. The topological polar surface area (TPSA) is 149 Å². The van der Waals surface area contributed by atoms with Crippen molar-refractivity contribution in [3.63, 3.8) is 0 Å². The first-order chi connectivity index (χ1) is 10.6. The van der Waals surface area contributed by atoms with E-state index in [0.717, 1.165) is 0 Å². The zero-order valence-electron chi connectivity index (χ0n) is 13.3. The van der Waals surface area contributed by atoms with Gasteiger partial charge in [-0.2, -0.15) is 0 Å². The number of aliphatic hydroxyl groups excluding tert-OH is 6. The molecule has 2 heterocycles. The maximum Gasteiger partial charge on any atom is 0.187 e. The van der Waals surface area contributed by atoms with Crippen molar-refractivity contribution in [3.05, 3.63) is 0 Å². The smallest absolute Gasteiger partial charge is 0.187 e. The van der Waals surface area contributed by atoms with Gasteiger partial charge in [0.05, 0.1) is 18.3 Å². The first-order valence-electron chi connectivity index (χ1n) is 7.60. The molecule has 0 aromatic heterocycles. The average Bonchev–Trinajstić information content (AvgIpc) is 2.49. The summed E-state index contributed by atoms with van der Waals surface area (Å²) in [6.45, 7) is 4.30. The van der Waals surface area contributed by atoms with Crippen molar-refractivity contribution < 1.29 is 44.8 Å². The van der Waals surface area contributed by atoms with Gasteiger partial charge in [0.2, 0.25) is 0 Å². The van der Waals surface area contributed by atoms with Gasteiger partial charge in [-0.05, 0) is 20.8 Å². The Labute approximate surface area is 134 Å². The first-order valence-corrected chi connectivity index (χ1v) is 7.60. The minimum absolute atomic E-state index is 0.584. The molecular formula is C14H26O9. The Morgan fingerprint density at radius 3 is 2.13 bits per heavy atom. The van der Waals surface area contributed by atoms with Gasteiger partial charge in [0.25, 0.3) is 0 Å². The highest BCUT2D eigenvalue weighted by Gasteiger charge is 2.51. The summed E-state index contributed by atoms with van der Waals surface area (Å²) in [6, 6.07) is 0. The van der Waals surface area contributed by atoms with Gasteiger partial charge in [-0.25, -0.2) is 0 Å². The summed E-state index contributed by atoms with van der Waals surface area (Å²) in [7, 11) is 0. The molecule has 0 aromatic carbocycles. The SMILES string of the molecule is CC1OC(C)(C)C(O)C(O)C1OC1OC(CO)C(O)C(O)C1O. The standard InChI is InChI=1S/C14H26O9/c1-5-11(10(19)12(20)14(2,3)23-5)22-13-9(18)8(17)7(16)6(4-15)21-13/h5-13,15-20H,4H2,1-3H3. The molecule has 9 atom stereocenters. The molecule has 0 saturated carbocycles. The van der Waals surface area contributed by atoms with Gasteiger partial charge in [-0.1, -0.05) is 0 Å². The van der Waals surface area contributed by atoms with Crippen LogP contribution in [-0.4, -0.2) is 98.0 Å². The summed E-state index contributed by atoms with van der Waals surface area (Å²) in [5.41, 5.74) is -0.978. The summed E-state index contributed by atoms with van der Waals surface area (Å²) < 4.78 is 16.3. The lowest BCUT2D eigenvalue weighted by molar-refractivity contribution is -0.346. The minimum Gasteiger partial charge on any atom is -0.394 e. The molecule has 23 heavy (non-hydrogen) atoms. The minimum atomic E-state index is -1.58. The van der Waals surface area contributed by atoms with Crippen molar-refractivity contribution in [2.45, 2.75) is 81.5 Å². The van der Waals surface area contributed by atoms with E-state index >= 15 is 0 Å². The molecule has 0 aromatic rings. The van der Waals surface area contributed by atoms with Crippen LogP contribution in [0.1, 0.15) is 20.8 Å². The van der Waals surface area contributed by atoms with Crippen LogP contribution in [0.4, 0.5) is 0 Å². The van der Waals surface area contributed by atoms with Gasteiger partial charge in [-0.3, -0.25) is 0 Å². The van der Waals surface area contributed by atoms with E-state index in [0.29, 0.717) is 0 Å². The van der Waals surface area contributed by atoms with Crippen LogP contribution in [0.2, 0.25) is 0 Å². The maximum absolute atomic E-state index is 10.2. The largest absolute Gasteiger partial charge is 0.394 e. The Balaban J connectivity index is 2.11. The average molecular weight is 338 g/mol. The number of aliphatic hydroxyl groups is 6. The van der Waals surface area contributed by atoms with Gasteiger partial charge in [0, 0.05) is 0 Å². The molecular weight excluding hydrogens is 312 g/mol. The second-order valence-electron chi connectivity index (χ2n) is 6.66. The second-order valence-corrected chi connectivity index (χ2v) is 6.66. The van der Waals surface area contributed by atoms with E-state index in [2.05, 4.69) is 0 Å². The third kappa shape index (κ3) is 3.53. The fraction of sp³-hybridized carbons (Fsp3) is 1.00. The summed E-state index contributed by atoms with van der Waals surface area (Å²) >= 11 is 0. The molecule has 9 unspecified atom stereocenters. The lowest BCUT2D eigenvalue weighted by atomic mass is 9.87. The Hall–Kier alpha value is -0.360. The molecule has 2 rings (SSSR count). The lowest BCUT2D eigenvalue weighted by Crippen LogP contribution is -2.65. The molecule has 2 saturated heterocycles. The van der Waals surface area contributed by atoms with E-state index in [4.69, 9.17) is 19.3 Å². The van der Waals surface area contributed by atoms with E-state index in [9.17, 15) is 25.5 Å². The third-order valence-electron chi connectivity index (χ3n) is 4.46. The highest BCUT2D eigenvalue weighted by molar-refractivity contribution is 4.98. The van der Waals surface area contributed by atoms with Crippen LogP contribution in [0.3, 0.4) is 0 Å². The highest BCUT2D eigenvalue weighted by atomic mass is 16.7. The Kier molecular flexibility index (Phi) is 5.66. The predicted molar refractivity (Wildman–Crippen MR) is 75.3 cm³/mol. The summed E-state index contributed by atoms with van der Waals surface area (Å²) in [5.74, 6) is 0. The van der Waals surface area contributed by atoms with Crippen LogP contribution in [0.25, 0.3) is 0 Å². The fourth-order valence-corrected chi connectivity index (χ4v) is 3.01. The lowest BCUT2D eigenvalue weighted by Gasteiger charge is -2.48. The predicted octanol–water partition coefficient (Wildman–Crippen LogP) is -2.91. The molecule has 0 aliphatic carbocycles. The molecule has 0 amide bonds. The summed E-state index contributed by atoms with van der Waals surface area (Å²) in [5, 5.41) is 58.9. The van der Waals surface area contributed by atoms with Gasteiger partial charge >= 0.3 is 0 Å². The normalized spacial score (nSPS) is 50.7. The molecule has 0 spiro atoms. The molecule has 2 aliphatic rings. The van der Waals surface area contributed by atoms with Crippen LogP contribution in [-0.2, 0) is 14.2 Å². The molecule has 6 N–H and O–H groups in total. The Morgan fingerprint density at radius 1 is 0.957 bits per heavy atom. The van der Waals surface area contributed by atoms with Crippen molar-refractivity contribution in [2.75, 3.05) is 6.61 Å². The molecule has 9 heteroatoms. The van der Waals surface area contributed by atoms with Crippen molar-refractivity contribution in [1.29, 1.82) is 0 Å². The van der Waals surface area contributed by atoms with Crippen LogP contribution in [0, 0.1) is 0 Å². The van der Waals surface area contributed by atoms with Crippen molar-refractivity contribution in [2.24, 2.45) is 0 Å². The van der Waals surface area contributed by atoms with Crippen molar-refractivity contribution in [3.8, 4) is 0 Å². The highest BCUT2D eigenvalue weighted by Crippen LogP contribution is 2.33. The van der Waals surface area contributed by atoms with E-state index in [1.165, 1.54) is 0 Å². The Morgan fingerprint density at radius 2 is 1.57 bits per heavy atom. The van der Waals surface area contributed by atoms with Gasteiger partial charge in [0.15, 0.2) is 6.29 Å². The van der Waals surface area contributed by atoms with Crippen LogP contribution in [0.5, 0.6) is 0 Å². The molecule has 0 bridgehead atoms. The van der Waals surface area contributed by atoms with E-state index in [1.807, 2.05) is 0 Å². The van der Waals surface area contributed by atoms with Gasteiger partial charge < -0.3 is 44.8 Å². The first kappa shape index (κ1) is 19.0. The van der Waals surface area contributed by atoms with Gasteiger partial charge in [-0.15, -0.1) is 0 Å². The zero-order chi connectivity index (χ0) is 17.5. The van der Waals surface area contributed by atoms with Crippen molar-refractivity contribution in [1.82, 2.24) is 0 Å². The number of hydrogen-bond donors (Lipinski definition) is 6. The fourth-order valence-electron chi connectivity index (χ4n) is 3.01.